The number of methoxy groups -OCH3 is 1. The highest BCUT2D eigenvalue weighted by molar-refractivity contribution is 5.96. The molecule has 0 saturated carbocycles. The molecule has 2 aliphatic heterocycles. The lowest BCUT2D eigenvalue weighted by Crippen LogP contribution is -2.63. The minimum Gasteiger partial charge on any atom is -0.467 e. The van der Waals surface area contributed by atoms with Gasteiger partial charge in [0.1, 0.15) is 47.1 Å². The Balaban J connectivity index is 1.58. The van der Waals surface area contributed by atoms with Gasteiger partial charge in [0.15, 0.2) is 5.79 Å². The van der Waals surface area contributed by atoms with Gasteiger partial charge in [0.2, 0.25) is 23.6 Å². The summed E-state index contributed by atoms with van der Waals surface area (Å²) in [6, 6.07) is 13.7. The number of likely N-dealkylation sites (N-methyl/N-ethyl adjacent to an activating group) is 1. The fraction of sp³-hybridized carbons (Fsp3) is 0.642. The van der Waals surface area contributed by atoms with Crippen LogP contribution in [0.1, 0.15) is 119 Å². The van der Waals surface area contributed by atoms with Gasteiger partial charge in [0.25, 0.3) is 0 Å². The van der Waals surface area contributed by atoms with Gasteiger partial charge >= 0.3 is 18.2 Å². The minimum absolute atomic E-state index is 0.0238. The SMILES string of the molecule is COC(=O)C1(NC(=O)OC(C)(C)C)CCN(C(=O)[C@@H](CCCCN(C)[C@H]2COC(C)(C)O2)NC(=O)[C@@H](CC(C)C)NC(=O)[C@@H](Cc2ccccc2)NC(=O)[C@@H](Cc2ccccc2)NC(=O)OC(C)(C)C)CC1. The maximum absolute atomic E-state index is 14.6. The number of hydrogen-bond donors (Lipinski definition) is 5. The van der Waals surface area contributed by atoms with E-state index in [0.717, 1.165) is 11.1 Å². The molecule has 0 aromatic heterocycles. The standard InChI is InChI=1S/C53H81N7O12/c1-35(2)31-39(55-44(62)40(32-36-21-15-13-16-22-36)56-45(63)41(33-37-23-17-14-18-24-37)57-48(66)71-50(3,4)5)43(61)54-38(25-19-20-28-59(11)42-34-69-52(9,10)70-42)46(64)60-29-26-53(27-30-60,47(65)68-12)58-49(67)72-51(6,7)8/h13-18,21-24,35,38-42H,19-20,25-34H2,1-12H3,(H,54,61)(H,55,62)(H,56,63)(H,57,66)(H,58,67)/t38-,39-,40-,41-,42-/m1/s1. The van der Waals surface area contributed by atoms with Crippen molar-refractivity contribution in [3.05, 3.63) is 71.8 Å². The predicted molar refractivity (Wildman–Crippen MR) is 270 cm³/mol. The van der Waals surface area contributed by atoms with Crippen LogP contribution in [0.3, 0.4) is 0 Å². The van der Waals surface area contributed by atoms with Crippen LogP contribution in [0.2, 0.25) is 0 Å². The molecule has 6 amide bonds. The van der Waals surface area contributed by atoms with Crippen molar-refractivity contribution in [2.45, 2.75) is 174 Å². The Morgan fingerprint density at radius 1 is 0.708 bits per heavy atom. The number of ether oxygens (including phenoxy) is 5. The van der Waals surface area contributed by atoms with Crippen molar-refractivity contribution in [2.75, 3.05) is 40.4 Å². The Morgan fingerprint density at radius 2 is 1.19 bits per heavy atom. The van der Waals surface area contributed by atoms with Crippen LogP contribution >= 0.6 is 0 Å². The van der Waals surface area contributed by atoms with Crippen molar-refractivity contribution in [1.82, 2.24) is 36.4 Å². The molecule has 0 unspecified atom stereocenters. The Morgan fingerprint density at radius 3 is 1.68 bits per heavy atom. The highest BCUT2D eigenvalue weighted by atomic mass is 16.8. The van der Waals surface area contributed by atoms with E-state index < -0.39 is 88.5 Å². The second kappa shape index (κ2) is 26.2. The summed E-state index contributed by atoms with van der Waals surface area (Å²) < 4.78 is 27.8. The third-order valence-electron chi connectivity index (χ3n) is 12.1. The van der Waals surface area contributed by atoms with E-state index in [1.807, 2.05) is 100 Å². The summed E-state index contributed by atoms with van der Waals surface area (Å²) in [6.07, 6.45) is -0.0705. The summed E-state index contributed by atoms with van der Waals surface area (Å²) in [5, 5.41) is 14.1. The Hall–Kier alpha value is -5.79. The van der Waals surface area contributed by atoms with Gasteiger partial charge in [-0.25, -0.2) is 14.4 Å². The molecule has 5 N–H and O–H groups in total. The van der Waals surface area contributed by atoms with Crippen molar-refractivity contribution in [2.24, 2.45) is 5.92 Å². The fourth-order valence-electron chi connectivity index (χ4n) is 8.49. The number of nitrogens with zero attached hydrogens (tertiary/aromatic N) is 2. The summed E-state index contributed by atoms with van der Waals surface area (Å²) in [7, 11) is 3.16. The molecule has 19 heteroatoms. The van der Waals surface area contributed by atoms with Gasteiger partial charge in [-0.05, 0) is 118 Å². The largest absolute Gasteiger partial charge is 0.467 e. The van der Waals surface area contributed by atoms with Crippen LogP contribution < -0.4 is 26.6 Å². The van der Waals surface area contributed by atoms with Crippen LogP contribution in [0.15, 0.2) is 60.7 Å². The third-order valence-corrected chi connectivity index (χ3v) is 12.1. The molecule has 0 radical (unpaired) electrons. The van der Waals surface area contributed by atoms with Crippen molar-refractivity contribution >= 4 is 41.8 Å². The van der Waals surface area contributed by atoms with Crippen molar-refractivity contribution in [3.63, 3.8) is 0 Å². The average molecular weight is 1010 g/mol. The normalized spacial score (nSPS) is 18.2. The minimum atomic E-state index is -1.45. The molecule has 2 aromatic rings. The molecule has 19 nitrogen and oxygen atoms in total. The number of unbranched alkanes of at least 4 members (excludes halogenated alkanes) is 1. The molecule has 2 fully saturated rings. The lowest BCUT2D eigenvalue weighted by molar-refractivity contribution is -0.157. The van der Waals surface area contributed by atoms with Gasteiger partial charge in [-0.3, -0.25) is 24.1 Å². The number of amides is 6. The maximum atomic E-state index is 14.6. The fourth-order valence-corrected chi connectivity index (χ4v) is 8.49. The molecule has 2 aromatic carbocycles. The number of hydrogen-bond acceptors (Lipinski definition) is 13. The lowest BCUT2D eigenvalue weighted by Gasteiger charge is -2.41. The van der Waals surface area contributed by atoms with Crippen LogP contribution in [0.4, 0.5) is 9.59 Å². The van der Waals surface area contributed by atoms with Gasteiger partial charge in [-0.2, -0.15) is 0 Å². The van der Waals surface area contributed by atoms with E-state index in [-0.39, 0.29) is 63.8 Å². The van der Waals surface area contributed by atoms with Gasteiger partial charge in [-0.1, -0.05) is 74.5 Å². The van der Waals surface area contributed by atoms with Gasteiger partial charge in [-0.15, -0.1) is 0 Å². The van der Waals surface area contributed by atoms with E-state index in [1.54, 1.807) is 46.4 Å². The maximum Gasteiger partial charge on any atom is 0.408 e. The van der Waals surface area contributed by atoms with E-state index >= 15 is 0 Å². The van der Waals surface area contributed by atoms with E-state index in [1.165, 1.54) is 7.11 Å². The Bertz CT molecular complexity index is 2120. The average Bonchev–Trinajstić information content (AvgIpc) is 3.67. The quantitative estimate of drug-likeness (QED) is 0.0586. The van der Waals surface area contributed by atoms with Crippen molar-refractivity contribution in [3.8, 4) is 0 Å². The monoisotopic (exact) mass is 1010 g/mol. The summed E-state index contributed by atoms with van der Waals surface area (Å²) in [5.41, 5.74) is -1.64. The molecule has 2 aliphatic rings. The molecular formula is C53H81N7O12. The van der Waals surface area contributed by atoms with Gasteiger partial charge < -0.3 is 55.2 Å². The molecule has 2 saturated heterocycles. The number of carbonyl (C=O) groups excluding carboxylic acids is 7. The number of carbonyl (C=O) groups is 7. The second-order valence-electron chi connectivity index (χ2n) is 21.7. The molecule has 0 bridgehead atoms. The first kappa shape index (κ1) is 58.8. The highest BCUT2D eigenvalue weighted by Gasteiger charge is 2.46. The first-order valence-electron chi connectivity index (χ1n) is 25.1. The number of piperidine rings is 1. The number of alkyl carbamates (subject to hydrolysis) is 2. The zero-order valence-electron chi connectivity index (χ0n) is 44.5. The number of rotatable bonds is 22. The molecule has 5 atom stereocenters. The molecule has 400 valence electrons. The van der Waals surface area contributed by atoms with Gasteiger partial charge in [0.05, 0.1) is 13.7 Å². The van der Waals surface area contributed by atoms with Crippen LogP contribution in [0.5, 0.6) is 0 Å². The van der Waals surface area contributed by atoms with E-state index in [9.17, 15) is 33.6 Å². The summed E-state index contributed by atoms with van der Waals surface area (Å²) >= 11 is 0. The predicted octanol–water partition coefficient (Wildman–Crippen LogP) is 5.14. The van der Waals surface area contributed by atoms with Gasteiger partial charge in [0, 0.05) is 32.5 Å². The van der Waals surface area contributed by atoms with Crippen molar-refractivity contribution in [1.29, 1.82) is 0 Å². The smallest absolute Gasteiger partial charge is 0.408 e. The molecule has 4 rings (SSSR count). The first-order chi connectivity index (χ1) is 33.7. The lowest BCUT2D eigenvalue weighted by atomic mass is 9.87. The first-order valence-corrected chi connectivity index (χ1v) is 25.1. The number of benzene rings is 2. The van der Waals surface area contributed by atoms with E-state index in [4.69, 9.17) is 23.7 Å². The summed E-state index contributed by atoms with van der Waals surface area (Å²) in [6.45, 7) is 18.9. The molecule has 0 spiro atoms. The molecule has 72 heavy (non-hydrogen) atoms. The van der Waals surface area contributed by atoms with Crippen LogP contribution in [-0.2, 0) is 60.5 Å². The zero-order valence-corrected chi connectivity index (χ0v) is 44.5. The van der Waals surface area contributed by atoms with Crippen molar-refractivity contribution < 1.29 is 57.2 Å². The Kier molecular flexibility index (Phi) is 21.4. The molecular weight excluding hydrogens is 927 g/mol. The van der Waals surface area contributed by atoms with E-state index in [0.29, 0.717) is 26.0 Å². The number of nitrogens with one attached hydrogen (secondary N) is 5. The third kappa shape index (κ3) is 19.3. The topological polar surface area (TPSA) is 232 Å². The van der Waals surface area contributed by atoms with Crippen LogP contribution in [0, 0.1) is 5.92 Å². The zero-order chi connectivity index (χ0) is 53.4. The molecule has 2 heterocycles. The number of likely N-dealkylation sites (tertiary alicyclic amines) is 1. The summed E-state index contributed by atoms with van der Waals surface area (Å²) in [5.74, 6) is -3.76. The van der Waals surface area contributed by atoms with Crippen LogP contribution in [0.25, 0.3) is 0 Å². The summed E-state index contributed by atoms with van der Waals surface area (Å²) in [4.78, 5) is 101. The second-order valence-corrected chi connectivity index (χ2v) is 21.7. The van der Waals surface area contributed by atoms with Crippen LogP contribution in [-0.4, -0.2) is 145 Å². The highest BCUT2D eigenvalue weighted by Crippen LogP contribution is 2.27. The number of esters is 1. The Labute approximate surface area is 425 Å². The van der Waals surface area contributed by atoms with E-state index in [2.05, 4.69) is 26.6 Å². The molecule has 0 aliphatic carbocycles.